The molecule has 3 rings (SSSR count). The van der Waals surface area contributed by atoms with Crippen molar-refractivity contribution < 1.29 is 172 Å². The molecular weight excluding hydrogens is 1640 g/mol. The van der Waals surface area contributed by atoms with Crippen molar-refractivity contribution in [3.05, 3.63) is 0 Å². The highest BCUT2D eigenvalue weighted by molar-refractivity contribution is 14.1. The van der Waals surface area contributed by atoms with E-state index in [0.29, 0.717) is 51.4 Å². The molecule has 3 fully saturated rings. The van der Waals surface area contributed by atoms with Crippen LogP contribution >= 0.6 is 30.8 Å². The smallest absolute Gasteiger partial charge is 0.394 e. The molecule has 18 atom stereocenters. The van der Waals surface area contributed by atoms with Crippen LogP contribution in [0, 0.1) is 0 Å². The lowest BCUT2D eigenvalue weighted by molar-refractivity contribution is -0.272. The molecule has 0 radical (unpaired) electrons. The first kappa shape index (κ1) is 102. The zero-order valence-corrected chi connectivity index (χ0v) is 66.6. The Bertz CT molecular complexity index is 2670. The van der Waals surface area contributed by atoms with Crippen LogP contribution in [-0.4, -0.2) is 387 Å². The summed E-state index contributed by atoms with van der Waals surface area (Å²) < 4.78 is 104. The molecule has 0 bridgehead atoms. The normalized spacial score (nSPS) is 24.9. The molecule has 0 saturated carbocycles. The molecule has 0 aromatic rings. The van der Waals surface area contributed by atoms with Gasteiger partial charge in [-0.15, -0.1) is 0 Å². The molecule has 3 aliphatic heterocycles. The summed E-state index contributed by atoms with van der Waals surface area (Å²) in [6.07, 6.45) is -12.1. The Morgan fingerprint density at radius 2 is 0.679 bits per heavy atom. The third-order valence-electron chi connectivity index (χ3n) is 16.7. The topological polar surface area (TPSA) is 609 Å². The predicted molar refractivity (Wildman–Crippen MR) is 391 cm³/mol. The second kappa shape index (κ2) is 61.0. The van der Waals surface area contributed by atoms with Crippen LogP contribution in [-0.2, 0) is 121 Å². The van der Waals surface area contributed by atoms with Crippen LogP contribution in [0.2, 0.25) is 0 Å². The number of hydrogen-bond donors (Lipinski definition) is 18. The Labute approximate surface area is 663 Å². The third-order valence-corrected chi connectivity index (χ3v) is 18.9. The van der Waals surface area contributed by atoms with Gasteiger partial charge >= 0.3 is 7.82 Å². The highest BCUT2D eigenvalue weighted by atomic mass is 127. The SMILES string of the molecule is CC(=O)N[C@H]1[C@H](OCCOCCOCCOCC(=O)NCCCC[C@H](NC(=O)COCCOCCOCCO[C@@H]2O[C@H](CO)[C@H](O)[C@H](O)[C@H]2NC(C)=O)C(=O)N[C@@H](CCCCNC(=O)COCCOCCOCCO[C@@H]2O[C@H](CO)[C@H](O)[C@H](O)[C@H]2NC(C)=O)C(=O)NCCCCCCOP(=O)(O)OI)O[C@H](CO)[C@H](O)[C@@H]1O. The summed E-state index contributed by atoms with van der Waals surface area (Å²) in [6, 6.07) is -5.63. The van der Waals surface area contributed by atoms with Gasteiger partial charge in [0.15, 0.2) is 18.9 Å². The van der Waals surface area contributed by atoms with Crippen LogP contribution in [0.25, 0.3) is 0 Å². The van der Waals surface area contributed by atoms with Gasteiger partial charge in [-0.2, -0.15) is 0 Å². The number of ether oxygens (including phenoxy) is 15. The van der Waals surface area contributed by atoms with Gasteiger partial charge in [0.2, 0.25) is 47.3 Å². The number of carbonyl (C=O) groups is 8. The van der Waals surface area contributed by atoms with Gasteiger partial charge < -0.3 is 164 Å². The number of aliphatic hydroxyl groups excluding tert-OH is 9. The molecule has 3 aliphatic rings. The maximum absolute atomic E-state index is 14.2. The standard InChI is InChI=1S/C66H120IN8O36P/c1-42(79)71-53-59(88)56(85)47(36-76)108-64(53)104-33-30-98-21-18-95-24-27-101-39-50(82)68-14-9-6-12-45(62(91)70-16-8-4-5-11-17-107-112(93,94)111-67)75-63(92)46(74-52(84)41-103-29-26-97-20-23-100-32-35-106-66-55(73-44(3)81)61(90)58(87)49(38-78)110-66)13-7-10-15-69-51(83)40-102-28-25-96-19-22-99-31-34-105-65-54(72-43(2)80)60(89)57(86)48(37-77)109-65/h45-49,53-61,64-66,76-78,85-90H,4-41H2,1-3H3,(H,68,82)(H,69,83)(H,70,91)(H,71,79)(H,72,80)(H,73,81)(H,74,84)(H,75,92)(H,93,94)/t45-,46-,47+,48+,49+,53+,54+,55+,56-,57-,58-,59+,60+,61+,64+,65+,66+/m0/s1. The van der Waals surface area contributed by atoms with Crippen molar-refractivity contribution in [2.45, 2.75) is 189 Å². The first-order valence-electron chi connectivity index (χ1n) is 37.2. The lowest BCUT2D eigenvalue weighted by Gasteiger charge is -2.42. The average molecular weight is 1760 g/mol. The van der Waals surface area contributed by atoms with Crippen LogP contribution in [0.15, 0.2) is 0 Å². The molecule has 3 saturated heterocycles. The van der Waals surface area contributed by atoms with Crippen molar-refractivity contribution in [2.75, 3.05) is 185 Å². The van der Waals surface area contributed by atoms with E-state index in [-0.39, 0.29) is 171 Å². The lowest BCUT2D eigenvalue weighted by Crippen LogP contribution is -2.64. The minimum Gasteiger partial charge on any atom is -0.394 e. The fourth-order valence-electron chi connectivity index (χ4n) is 11.0. The second-order valence-corrected chi connectivity index (χ2v) is 28.2. The summed E-state index contributed by atoms with van der Waals surface area (Å²) in [7, 11) is -4.15. The fraction of sp³-hybridized carbons (Fsp3) is 0.879. The summed E-state index contributed by atoms with van der Waals surface area (Å²) >= 11 is 1.27. The Balaban J connectivity index is 1.49. The summed E-state index contributed by atoms with van der Waals surface area (Å²) in [4.78, 5) is 111. The van der Waals surface area contributed by atoms with E-state index in [1.54, 1.807) is 0 Å². The van der Waals surface area contributed by atoms with E-state index in [2.05, 4.69) is 45.4 Å². The number of rotatable bonds is 65. The predicted octanol–water partition coefficient (Wildman–Crippen LogP) is -7.28. The molecule has 8 amide bonds. The van der Waals surface area contributed by atoms with Gasteiger partial charge in [-0.1, -0.05) is 12.8 Å². The number of amides is 8. The van der Waals surface area contributed by atoms with Crippen LogP contribution in [0.4, 0.5) is 0 Å². The number of nitrogens with one attached hydrogen (secondary N) is 8. The molecule has 3 heterocycles. The number of phosphoric ester groups is 1. The maximum Gasteiger partial charge on any atom is 0.481 e. The minimum absolute atomic E-state index is 0.0244. The van der Waals surface area contributed by atoms with Crippen molar-refractivity contribution in [1.82, 2.24) is 42.5 Å². The van der Waals surface area contributed by atoms with E-state index in [9.17, 15) is 93.8 Å². The molecule has 46 heteroatoms. The molecule has 0 aliphatic carbocycles. The van der Waals surface area contributed by atoms with Crippen molar-refractivity contribution in [2.24, 2.45) is 0 Å². The Kier molecular flexibility index (Phi) is 55.5. The van der Waals surface area contributed by atoms with Gasteiger partial charge in [0.05, 0.1) is 145 Å². The van der Waals surface area contributed by atoms with Gasteiger partial charge in [0.1, 0.15) is 128 Å². The number of hydrogen-bond acceptors (Lipinski definition) is 35. The first-order valence-corrected chi connectivity index (χ1v) is 39.6. The zero-order valence-electron chi connectivity index (χ0n) is 63.6. The molecule has 1 unspecified atom stereocenters. The quantitative estimate of drug-likeness (QED) is 0.0153. The third kappa shape index (κ3) is 43.7. The first-order chi connectivity index (χ1) is 53.8. The molecular formula is C66H120IN8O36P. The number of aliphatic hydroxyl groups is 9. The summed E-state index contributed by atoms with van der Waals surface area (Å²) in [6.45, 7) is 2.53. The molecule has 0 aromatic carbocycles. The summed E-state index contributed by atoms with van der Waals surface area (Å²) in [5.74, 6) is -4.28. The molecule has 652 valence electrons. The van der Waals surface area contributed by atoms with Crippen molar-refractivity contribution in [1.29, 1.82) is 0 Å². The number of unbranched alkanes of at least 4 members (excludes halogenated alkanes) is 5. The summed E-state index contributed by atoms with van der Waals surface area (Å²) in [5, 5.41) is 112. The number of halogens is 1. The van der Waals surface area contributed by atoms with E-state index in [1.807, 2.05) is 0 Å². The van der Waals surface area contributed by atoms with E-state index in [4.69, 9.17) is 75.6 Å². The van der Waals surface area contributed by atoms with Gasteiger partial charge in [0, 0.05) is 40.4 Å². The van der Waals surface area contributed by atoms with E-state index in [1.165, 1.54) is 43.8 Å². The van der Waals surface area contributed by atoms with E-state index < -0.39 is 186 Å². The highest BCUT2D eigenvalue weighted by Gasteiger charge is 2.48. The molecule has 18 N–H and O–H groups in total. The highest BCUT2D eigenvalue weighted by Crippen LogP contribution is 2.45. The summed E-state index contributed by atoms with van der Waals surface area (Å²) in [5.41, 5.74) is 0. The Hall–Kier alpha value is -4.36. The zero-order chi connectivity index (χ0) is 82.5. The van der Waals surface area contributed by atoms with Crippen LogP contribution < -0.4 is 42.5 Å². The van der Waals surface area contributed by atoms with Gasteiger partial charge in [-0.3, -0.25) is 42.9 Å². The van der Waals surface area contributed by atoms with Crippen LogP contribution in [0.3, 0.4) is 0 Å². The van der Waals surface area contributed by atoms with Crippen LogP contribution in [0.5, 0.6) is 0 Å². The fourth-order valence-corrected chi connectivity index (χ4v) is 11.7. The average Bonchev–Trinajstić information content (AvgIpc) is 0.819. The van der Waals surface area contributed by atoms with Crippen molar-refractivity contribution >= 4 is 78.1 Å². The molecule has 112 heavy (non-hydrogen) atoms. The van der Waals surface area contributed by atoms with Crippen molar-refractivity contribution in [3.63, 3.8) is 0 Å². The monoisotopic (exact) mass is 1760 g/mol. The van der Waals surface area contributed by atoms with E-state index in [0.717, 1.165) is 0 Å². The molecule has 44 nitrogen and oxygen atoms in total. The molecule has 0 aromatic heterocycles. The minimum atomic E-state index is -4.15. The van der Waals surface area contributed by atoms with Gasteiger partial charge in [-0.05, 0) is 51.4 Å². The van der Waals surface area contributed by atoms with Gasteiger partial charge in [0.25, 0.3) is 0 Å². The van der Waals surface area contributed by atoms with Crippen molar-refractivity contribution in [3.8, 4) is 0 Å². The maximum atomic E-state index is 14.2. The number of carbonyl (C=O) groups excluding carboxylic acids is 8. The molecule has 0 spiro atoms. The van der Waals surface area contributed by atoms with E-state index >= 15 is 0 Å². The second-order valence-electron chi connectivity index (χ2n) is 25.7. The Morgan fingerprint density at radius 1 is 0.375 bits per heavy atom. The largest absolute Gasteiger partial charge is 0.481 e. The number of phosphoric acid groups is 1. The van der Waals surface area contributed by atoms with Crippen LogP contribution in [0.1, 0.15) is 85.0 Å². The lowest BCUT2D eigenvalue weighted by atomic mass is 9.97. The van der Waals surface area contributed by atoms with Gasteiger partial charge in [-0.25, -0.2) is 7.42 Å². The Morgan fingerprint density at radius 3 is 1.02 bits per heavy atom.